The van der Waals surface area contributed by atoms with E-state index >= 15 is 0 Å². The molecule has 0 radical (unpaired) electrons. The molecule has 0 amide bonds. The molecule has 40 heavy (non-hydrogen) atoms. The molecule has 0 bridgehead atoms. The molecule has 0 aliphatic heterocycles. The number of aromatic nitrogens is 2. The fourth-order valence-electron chi connectivity index (χ4n) is 6.44. The second-order valence-corrected chi connectivity index (χ2v) is 12.2. The number of hydrogen-bond donors (Lipinski definition) is 0. The highest BCUT2D eigenvalue weighted by molar-refractivity contribution is 6.13. The predicted molar refractivity (Wildman–Crippen MR) is 166 cm³/mol. The molecule has 6 aromatic rings. The average Bonchev–Trinajstić information content (AvgIpc) is 3.25. The van der Waals surface area contributed by atoms with E-state index < -0.39 is 0 Å². The molecule has 0 atom stereocenters. The minimum Gasteiger partial charge on any atom is -0.232 e. The maximum atomic E-state index is 13.7. The summed E-state index contributed by atoms with van der Waals surface area (Å²) in [4.78, 5) is 0. The normalized spacial score (nSPS) is 12.0. The maximum Gasteiger partial charge on any atom is 0.295 e. The Hall–Kier alpha value is -3.98. The van der Waals surface area contributed by atoms with Crippen molar-refractivity contribution in [3.05, 3.63) is 108 Å². The molecule has 0 aliphatic rings. The molecule has 0 aliphatic carbocycles. The van der Waals surface area contributed by atoms with E-state index in [9.17, 15) is 4.39 Å². The summed E-state index contributed by atoms with van der Waals surface area (Å²) in [6.07, 6.45) is 4.41. The van der Waals surface area contributed by atoms with Gasteiger partial charge in [-0.3, -0.25) is 0 Å². The van der Waals surface area contributed by atoms with E-state index in [1.807, 2.05) is 12.1 Å². The first-order valence-corrected chi connectivity index (χ1v) is 14.5. The first-order chi connectivity index (χ1) is 19.2. The number of imidazole rings is 1. The number of rotatable bonds is 6. The quantitative estimate of drug-likeness (QED) is 0.150. The molecule has 0 fully saturated rings. The second kappa shape index (κ2) is 10.2. The minimum atomic E-state index is -0.214. The third-order valence-corrected chi connectivity index (χ3v) is 8.05. The summed E-state index contributed by atoms with van der Waals surface area (Å²) in [6, 6.07) is 27.0. The standard InChI is InChI=1S/C37H38FN2/c1-23(2)19-28-10-8-11-29(20-24(3)4)36(28)34-22-39(6)37-35-25(5)9-7-12-31(35)32-21-27(15-18-33(32)40(34)37)26-13-16-30(38)17-14-26/h7-18,21-24H,19-20H2,1-6H3/q+1. The molecule has 0 spiro atoms. The van der Waals surface area contributed by atoms with Crippen molar-refractivity contribution in [3.63, 3.8) is 0 Å². The molecule has 6 rings (SSSR count). The van der Waals surface area contributed by atoms with Gasteiger partial charge in [-0.15, -0.1) is 0 Å². The summed E-state index contributed by atoms with van der Waals surface area (Å²) in [7, 11) is 2.18. The zero-order valence-corrected chi connectivity index (χ0v) is 24.4. The first kappa shape index (κ1) is 26.3. The lowest BCUT2D eigenvalue weighted by atomic mass is 9.89. The van der Waals surface area contributed by atoms with Crippen molar-refractivity contribution in [1.29, 1.82) is 0 Å². The van der Waals surface area contributed by atoms with Crippen molar-refractivity contribution in [2.75, 3.05) is 0 Å². The Morgan fingerprint density at radius 2 is 1.38 bits per heavy atom. The third-order valence-electron chi connectivity index (χ3n) is 8.05. The molecule has 0 saturated carbocycles. The molecule has 2 nitrogen and oxygen atoms in total. The van der Waals surface area contributed by atoms with Gasteiger partial charge in [-0.2, -0.15) is 4.40 Å². The fraction of sp³-hybridized carbons (Fsp3) is 0.270. The second-order valence-electron chi connectivity index (χ2n) is 12.2. The third kappa shape index (κ3) is 4.48. The van der Waals surface area contributed by atoms with Crippen LogP contribution in [0.2, 0.25) is 0 Å². The fourth-order valence-corrected chi connectivity index (χ4v) is 6.44. The van der Waals surface area contributed by atoms with Crippen LogP contribution < -0.4 is 4.57 Å². The highest BCUT2D eigenvalue weighted by Gasteiger charge is 2.27. The van der Waals surface area contributed by atoms with Crippen molar-refractivity contribution >= 4 is 27.3 Å². The van der Waals surface area contributed by atoms with Gasteiger partial charge >= 0.3 is 0 Å². The Morgan fingerprint density at radius 1 is 0.750 bits per heavy atom. The van der Waals surface area contributed by atoms with E-state index in [1.165, 1.54) is 67.4 Å². The van der Waals surface area contributed by atoms with Crippen molar-refractivity contribution in [3.8, 4) is 22.4 Å². The molecule has 0 N–H and O–H groups in total. The van der Waals surface area contributed by atoms with Crippen molar-refractivity contribution in [1.82, 2.24) is 4.40 Å². The predicted octanol–water partition coefficient (Wildman–Crippen LogP) is 9.25. The molecule has 0 unspecified atom stereocenters. The number of nitrogens with zero attached hydrogens (tertiary/aromatic N) is 2. The molecule has 4 aromatic carbocycles. The largest absolute Gasteiger partial charge is 0.295 e. The zero-order chi connectivity index (χ0) is 28.1. The maximum absolute atomic E-state index is 13.7. The molecule has 3 heteroatoms. The van der Waals surface area contributed by atoms with Crippen molar-refractivity contribution in [2.45, 2.75) is 47.5 Å². The van der Waals surface area contributed by atoms with Gasteiger partial charge in [-0.25, -0.2) is 8.96 Å². The number of fused-ring (bicyclic) bond motifs is 6. The number of aryl methyl sites for hydroxylation is 2. The van der Waals surface area contributed by atoms with E-state index in [-0.39, 0.29) is 5.82 Å². The van der Waals surface area contributed by atoms with Crippen LogP contribution in [-0.4, -0.2) is 4.40 Å². The van der Waals surface area contributed by atoms with Crippen molar-refractivity contribution < 1.29 is 8.96 Å². The van der Waals surface area contributed by atoms with Gasteiger partial charge in [0.25, 0.3) is 5.65 Å². The van der Waals surface area contributed by atoms with Crippen LogP contribution in [-0.2, 0) is 19.9 Å². The highest BCUT2D eigenvalue weighted by Crippen LogP contribution is 2.38. The summed E-state index contributed by atoms with van der Waals surface area (Å²) in [5.41, 5.74) is 11.2. The molecule has 2 heterocycles. The van der Waals surface area contributed by atoms with Gasteiger partial charge in [0.2, 0.25) is 0 Å². The Morgan fingerprint density at radius 3 is 2.02 bits per heavy atom. The van der Waals surface area contributed by atoms with Gasteiger partial charge in [-0.05, 0) is 83.7 Å². The highest BCUT2D eigenvalue weighted by atomic mass is 19.1. The Bertz CT molecular complexity index is 1850. The summed E-state index contributed by atoms with van der Waals surface area (Å²) in [5.74, 6) is 0.909. The van der Waals surface area contributed by atoms with Crippen LogP contribution in [0.4, 0.5) is 4.39 Å². The lowest BCUT2D eigenvalue weighted by Gasteiger charge is -2.16. The summed E-state index contributed by atoms with van der Waals surface area (Å²) < 4.78 is 18.5. The zero-order valence-electron chi connectivity index (χ0n) is 24.4. The average molecular weight is 530 g/mol. The topological polar surface area (TPSA) is 8.29 Å². The Balaban J connectivity index is 1.76. The molecule has 2 aromatic heterocycles. The number of hydrogen-bond acceptors (Lipinski definition) is 0. The van der Waals surface area contributed by atoms with Gasteiger partial charge in [0.05, 0.1) is 12.4 Å². The van der Waals surface area contributed by atoms with E-state index in [1.54, 1.807) is 0 Å². The van der Waals surface area contributed by atoms with Gasteiger partial charge in [-0.1, -0.05) is 82.3 Å². The van der Waals surface area contributed by atoms with Gasteiger partial charge in [0.15, 0.2) is 5.69 Å². The van der Waals surface area contributed by atoms with Crippen LogP contribution >= 0.6 is 0 Å². The van der Waals surface area contributed by atoms with Crippen LogP contribution in [0, 0.1) is 24.6 Å². The van der Waals surface area contributed by atoms with Crippen LogP contribution in [0.15, 0.2) is 85.1 Å². The first-order valence-electron chi connectivity index (χ1n) is 14.5. The number of pyridine rings is 1. The molecular formula is C37H38FN2+. The van der Waals surface area contributed by atoms with Crippen LogP contribution in [0.3, 0.4) is 0 Å². The van der Waals surface area contributed by atoms with Crippen LogP contribution in [0.25, 0.3) is 49.7 Å². The van der Waals surface area contributed by atoms with E-state index in [2.05, 4.69) is 111 Å². The number of benzene rings is 4. The SMILES string of the molecule is Cc1cccc2c3cc(-c4ccc(F)cc4)ccc3n3c(-c4c(CC(C)C)cccc4CC(C)C)c[n+](C)c3c12. The van der Waals surface area contributed by atoms with Gasteiger partial charge in [0.1, 0.15) is 17.5 Å². The number of halogens is 1. The van der Waals surface area contributed by atoms with Crippen LogP contribution in [0.5, 0.6) is 0 Å². The molecule has 0 saturated heterocycles. The summed E-state index contributed by atoms with van der Waals surface area (Å²) >= 11 is 0. The lowest BCUT2D eigenvalue weighted by Crippen LogP contribution is -2.26. The molecular weight excluding hydrogens is 491 g/mol. The molecule has 202 valence electrons. The summed E-state index contributed by atoms with van der Waals surface area (Å²) in [6.45, 7) is 11.4. The smallest absolute Gasteiger partial charge is 0.232 e. The van der Waals surface area contributed by atoms with E-state index in [0.29, 0.717) is 11.8 Å². The van der Waals surface area contributed by atoms with Gasteiger partial charge < -0.3 is 0 Å². The monoisotopic (exact) mass is 529 g/mol. The lowest BCUT2D eigenvalue weighted by molar-refractivity contribution is -0.643. The van der Waals surface area contributed by atoms with E-state index in [4.69, 9.17) is 0 Å². The Labute approximate surface area is 236 Å². The Kier molecular flexibility index (Phi) is 6.70. The van der Waals surface area contributed by atoms with E-state index in [0.717, 1.165) is 24.0 Å². The van der Waals surface area contributed by atoms with Gasteiger partial charge in [0, 0.05) is 16.3 Å². The minimum absolute atomic E-state index is 0.214. The van der Waals surface area contributed by atoms with Crippen LogP contribution in [0.1, 0.15) is 44.4 Å². The summed E-state index contributed by atoms with van der Waals surface area (Å²) in [5, 5.41) is 3.72. The van der Waals surface area contributed by atoms with Crippen molar-refractivity contribution in [2.24, 2.45) is 18.9 Å².